The number of fused-ring (bicyclic) bond motifs is 4. The molecule has 0 saturated carbocycles. The Bertz CT molecular complexity index is 1490. The molecule has 0 radical (unpaired) electrons. The number of aryl methyl sites for hydroxylation is 2. The summed E-state index contributed by atoms with van der Waals surface area (Å²) in [7, 11) is 0. The van der Waals surface area contributed by atoms with Crippen molar-refractivity contribution < 1.29 is 14.4 Å². The van der Waals surface area contributed by atoms with Gasteiger partial charge in [-0.25, -0.2) is 0 Å². The number of carbonyl (C=O) groups is 3. The largest absolute Gasteiger partial charge is 0.298 e. The highest BCUT2D eigenvalue weighted by Gasteiger charge is 2.48. The molecule has 32 heavy (non-hydrogen) atoms. The van der Waals surface area contributed by atoms with Gasteiger partial charge in [-0.05, 0) is 70.1 Å². The SMILES string of the molecule is Cc1cc2c3c4c5c(cc(C)c14)C(=O)c1ccccc1C5C(=O)C3c1ccccc1C2=O. The van der Waals surface area contributed by atoms with Crippen molar-refractivity contribution in [3.8, 4) is 0 Å². The molecule has 0 heterocycles. The van der Waals surface area contributed by atoms with Crippen LogP contribution in [0.25, 0.3) is 10.8 Å². The predicted molar refractivity (Wildman–Crippen MR) is 122 cm³/mol. The minimum absolute atomic E-state index is 0.0408. The van der Waals surface area contributed by atoms with Crippen LogP contribution in [0.15, 0.2) is 60.7 Å². The molecule has 7 rings (SSSR count). The summed E-state index contributed by atoms with van der Waals surface area (Å²) in [6.07, 6.45) is 0. The van der Waals surface area contributed by atoms with Gasteiger partial charge in [-0.2, -0.15) is 0 Å². The number of rotatable bonds is 0. The van der Waals surface area contributed by atoms with E-state index < -0.39 is 11.8 Å². The van der Waals surface area contributed by atoms with E-state index >= 15 is 0 Å². The highest BCUT2D eigenvalue weighted by Crippen LogP contribution is 2.54. The van der Waals surface area contributed by atoms with Crippen molar-refractivity contribution in [3.63, 3.8) is 0 Å². The maximum absolute atomic E-state index is 14.2. The Kier molecular flexibility index (Phi) is 3.16. The van der Waals surface area contributed by atoms with Gasteiger partial charge in [0.25, 0.3) is 0 Å². The lowest BCUT2D eigenvalue weighted by atomic mass is 9.61. The second-order valence-electron chi connectivity index (χ2n) is 9.16. The molecule has 0 aromatic heterocycles. The first-order valence-corrected chi connectivity index (χ1v) is 10.9. The van der Waals surface area contributed by atoms with E-state index in [1.165, 1.54) is 0 Å². The van der Waals surface area contributed by atoms with E-state index in [1.807, 2.05) is 74.5 Å². The van der Waals surface area contributed by atoms with Crippen molar-refractivity contribution in [2.24, 2.45) is 0 Å². The van der Waals surface area contributed by atoms with Gasteiger partial charge in [0, 0.05) is 22.3 Å². The number of hydrogen-bond acceptors (Lipinski definition) is 3. The van der Waals surface area contributed by atoms with E-state index in [9.17, 15) is 14.4 Å². The number of hydrogen-bond donors (Lipinski definition) is 0. The smallest absolute Gasteiger partial charge is 0.193 e. The number of carbonyl (C=O) groups excluding carboxylic acids is 3. The molecule has 3 aliphatic carbocycles. The van der Waals surface area contributed by atoms with Crippen LogP contribution in [0.4, 0.5) is 0 Å². The van der Waals surface area contributed by atoms with Gasteiger partial charge in [0.15, 0.2) is 17.3 Å². The first-order chi connectivity index (χ1) is 15.5. The van der Waals surface area contributed by atoms with Crippen LogP contribution in [0, 0.1) is 13.8 Å². The first-order valence-electron chi connectivity index (χ1n) is 10.9. The molecule has 2 unspecified atom stereocenters. The van der Waals surface area contributed by atoms with Crippen LogP contribution in [0.2, 0.25) is 0 Å². The molecule has 3 heteroatoms. The summed E-state index contributed by atoms with van der Waals surface area (Å²) in [6, 6.07) is 18.8. The van der Waals surface area contributed by atoms with E-state index in [2.05, 4.69) is 0 Å². The van der Waals surface area contributed by atoms with Crippen molar-refractivity contribution >= 4 is 28.1 Å². The van der Waals surface area contributed by atoms with Crippen LogP contribution in [0.5, 0.6) is 0 Å². The van der Waals surface area contributed by atoms with Crippen LogP contribution in [0.3, 0.4) is 0 Å². The van der Waals surface area contributed by atoms with Crippen LogP contribution in [-0.4, -0.2) is 17.3 Å². The lowest BCUT2D eigenvalue weighted by molar-refractivity contribution is -0.120. The van der Waals surface area contributed by atoms with Gasteiger partial charge in [0.05, 0.1) is 11.8 Å². The molecule has 152 valence electrons. The Morgan fingerprint density at radius 3 is 1.47 bits per heavy atom. The monoisotopic (exact) mass is 414 g/mol. The van der Waals surface area contributed by atoms with Crippen LogP contribution in [-0.2, 0) is 4.79 Å². The fourth-order valence-electron chi connectivity index (χ4n) is 6.37. The van der Waals surface area contributed by atoms with Gasteiger partial charge in [-0.1, -0.05) is 48.5 Å². The molecule has 4 aromatic carbocycles. The van der Waals surface area contributed by atoms with Gasteiger partial charge in [0.1, 0.15) is 0 Å². The second kappa shape index (κ2) is 5.68. The summed E-state index contributed by atoms with van der Waals surface area (Å²) in [5.74, 6) is -1.04. The Balaban J connectivity index is 1.75. The standard InChI is InChI=1S/C29H18O3/c1-13-11-19-22-24(15-7-3-5-9-17(15)27(19)30)29(32)25-16-8-4-6-10-18(16)28(31)20-12-14(2)21(13)26(22)23(20)25/h3-12,24-25H,1-2H3. The topological polar surface area (TPSA) is 51.2 Å². The van der Waals surface area contributed by atoms with Crippen molar-refractivity contribution in [2.75, 3.05) is 0 Å². The van der Waals surface area contributed by atoms with Crippen LogP contribution < -0.4 is 0 Å². The molecule has 0 spiro atoms. The highest BCUT2D eigenvalue weighted by molar-refractivity contribution is 6.26. The normalized spacial score (nSPS) is 19.8. The zero-order valence-corrected chi connectivity index (χ0v) is 17.7. The third-order valence-electron chi connectivity index (χ3n) is 7.55. The summed E-state index contributed by atoms with van der Waals surface area (Å²) in [4.78, 5) is 41.3. The Hall–Kier alpha value is -3.85. The number of Topliss-reactive ketones (excluding diaryl/α,β-unsaturated/α-hetero) is 1. The minimum Gasteiger partial charge on any atom is -0.298 e. The molecule has 0 aliphatic heterocycles. The van der Waals surface area contributed by atoms with Crippen molar-refractivity contribution in [2.45, 2.75) is 25.7 Å². The Morgan fingerprint density at radius 1 is 0.562 bits per heavy atom. The molecule has 4 aromatic rings. The maximum atomic E-state index is 14.2. The molecule has 2 atom stereocenters. The summed E-state index contributed by atoms with van der Waals surface area (Å²) in [5, 5.41) is 2.00. The number of benzene rings is 4. The number of ketones is 3. The molecule has 3 nitrogen and oxygen atoms in total. The van der Waals surface area contributed by atoms with E-state index in [0.29, 0.717) is 22.3 Å². The first kappa shape index (κ1) is 17.8. The van der Waals surface area contributed by atoms with Crippen molar-refractivity contribution in [1.82, 2.24) is 0 Å². The van der Waals surface area contributed by atoms with E-state index in [1.54, 1.807) is 0 Å². The molecular formula is C29H18O3. The van der Waals surface area contributed by atoms with E-state index in [-0.39, 0.29) is 17.3 Å². The van der Waals surface area contributed by atoms with E-state index in [0.717, 1.165) is 44.2 Å². The minimum atomic E-state index is -0.504. The lowest BCUT2D eigenvalue weighted by Crippen LogP contribution is -2.36. The van der Waals surface area contributed by atoms with Crippen molar-refractivity contribution in [3.05, 3.63) is 116 Å². The summed E-state index contributed by atoms with van der Waals surface area (Å²) in [5.41, 5.74) is 7.57. The zero-order chi connectivity index (χ0) is 21.9. The van der Waals surface area contributed by atoms with E-state index in [4.69, 9.17) is 0 Å². The molecule has 3 aliphatic rings. The van der Waals surface area contributed by atoms with Gasteiger partial charge >= 0.3 is 0 Å². The summed E-state index contributed by atoms with van der Waals surface area (Å²) < 4.78 is 0. The lowest BCUT2D eigenvalue weighted by Gasteiger charge is -2.39. The molecule has 0 N–H and O–H groups in total. The van der Waals surface area contributed by atoms with Crippen molar-refractivity contribution in [1.29, 1.82) is 0 Å². The predicted octanol–water partition coefficient (Wildman–Crippen LogP) is 5.39. The molecule has 0 bridgehead atoms. The third-order valence-corrected chi connectivity index (χ3v) is 7.55. The van der Waals surface area contributed by atoms with Gasteiger partial charge in [-0.3, -0.25) is 14.4 Å². The Morgan fingerprint density at radius 2 is 1.00 bits per heavy atom. The zero-order valence-electron chi connectivity index (χ0n) is 17.7. The quantitative estimate of drug-likeness (QED) is 0.388. The third kappa shape index (κ3) is 1.87. The van der Waals surface area contributed by atoms with Gasteiger partial charge in [0.2, 0.25) is 0 Å². The summed E-state index contributed by atoms with van der Waals surface area (Å²) >= 11 is 0. The fourth-order valence-corrected chi connectivity index (χ4v) is 6.37. The Labute approximate surface area is 184 Å². The van der Waals surface area contributed by atoms with Crippen LogP contribution in [0.1, 0.15) is 77.1 Å². The van der Waals surface area contributed by atoms with Gasteiger partial charge in [-0.15, -0.1) is 0 Å². The molecule has 0 amide bonds. The summed E-state index contributed by atoms with van der Waals surface area (Å²) in [6.45, 7) is 4.03. The second-order valence-corrected chi connectivity index (χ2v) is 9.16. The maximum Gasteiger partial charge on any atom is 0.193 e. The molecule has 0 fully saturated rings. The average Bonchev–Trinajstić information content (AvgIpc) is 2.80. The van der Waals surface area contributed by atoms with Crippen LogP contribution >= 0.6 is 0 Å². The highest BCUT2D eigenvalue weighted by atomic mass is 16.1. The fraction of sp³-hybridized carbons (Fsp3) is 0.138. The molecule has 0 saturated heterocycles. The molecular weight excluding hydrogens is 396 g/mol. The average molecular weight is 414 g/mol. The van der Waals surface area contributed by atoms with Gasteiger partial charge < -0.3 is 0 Å².